The molecule has 3 aromatic carbocycles. The van der Waals surface area contributed by atoms with Crippen molar-refractivity contribution in [2.75, 3.05) is 5.32 Å². The number of amides is 1. The number of phenolic OH excluding ortho intramolecular Hbond substituents is 1. The van der Waals surface area contributed by atoms with Crippen LogP contribution in [0.5, 0.6) is 5.75 Å². The quantitative estimate of drug-likeness (QED) is 0.363. The number of phenols is 1. The van der Waals surface area contributed by atoms with Gasteiger partial charge in [0.05, 0.1) is 27.8 Å². The van der Waals surface area contributed by atoms with Crippen LogP contribution in [0.3, 0.4) is 0 Å². The fraction of sp³-hybridized carbons (Fsp3) is 0.0833. The first-order chi connectivity index (χ1) is 15.5. The van der Waals surface area contributed by atoms with Crippen LogP contribution in [0.15, 0.2) is 66.7 Å². The first-order valence-corrected chi connectivity index (χ1v) is 10.0. The molecule has 0 radical (unpaired) electrons. The molecular formula is C24H18N4O4. The van der Waals surface area contributed by atoms with Gasteiger partial charge in [0.25, 0.3) is 0 Å². The zero-order valence-corrected chi connectivity index (χ0v) is 16.8. The average molecular weight is 426 g/mol. The number of hydrogen-bond acceptors (Lipinski definition) is 5. The number of rotatable bonds is 5. The number of anilines is 1. The summed E-state index contributed by atoms with van der Waals surface area (Å²) in [6.45, 7) is 0.336. The maximum Gasteiger partial charge on any atom is 0.335 e. The molecule has 5 rings (SSSR count). The van der Waals surface area contributed by atoms with Gasteiger partial charge in [-0.15, -0.1) is 0 Å². The highest BCUT2D eigenvalue weighted by molar-refractivity contribution is 6.06. The lowest BCUT2D eigenvalue weighted by atomic mass is 10.2. The van der Waals surface area contributed by atoms with Crippen molar-refractivity contribution in [2.45, 2.75) is 13.0 Å². The van der Waals surface area contributed by atoms with Crippen LogP contribution in [-0.2, 0) is 11.3 Å². The van der Waals surface area contributed by atoms with E-state index in [1.165, 1.54) is 18.2 Å². The Morgan fingerprint density at radius 2 is 1.66 bits per heavy atom. The van der Waals surface area contributed by atoms with Crippen LogP contribution < -0.4 is 5.32 Å². The van der Waals surface area contributed by atoms with Crippen LogP contribution in [-0.4, -0.2) is 36.6 Å². The second-order valence-electron chi connectivity index (χ2n) is 7.39. The monoisotopic (exact) mass is 426 g/mol. The van der Waals surface area contributed by atoms with Crippen molar-refractivity contribution >= 4 is 50.7 Å². The van der Waals surface area contributed by atoms with E-state index in [1.807, 2.05) is 53.1 Å². The second kappa shape index (κ2) is 7.66. The molecule has 0 spiro atoms. The highest BCUT2D eigenvalue weighted by Crippen LogP contribution is 2.29. The van der Waals surface area contributed by atoms with Gasteiger partial charge in [0, 0.05) is 18.4 Å². The molecule has 0 aliphatic carbocycles. The zero-order chi connectivity index (χ0) is 22.2. The van der Waals surface area contributed by atoms with E-state index in [0.717, 1.165) is 27.5 Å². The van der Waals surface area contributed by atoms with Crippen LogP contribution in [0.2, 0.25) is 0 Å². The number of nitrogens with one attached hydrogen (secondary N) is 1. The molecule has 0 saturated carbocycles. The van der Waals surface area contributed by atoms with Gasteiger partial charge in [-0.25, -0.2) is 14.8 Å². The Balaban J connectivity index is 1.47. The van der Waals surface area contributed by atoms with Crippen LogP contribution >= 0.6 is 0 Å². The van der Waals surface area contributed by atoms with Crippen molar-refractivity contribution < 1.29 is 19.8 Å². The smallest absolute Gasteiger partial charge is 0.335 e. The number of nitrogens with zero attached hydrogens (tertiary/aromatic N) is 3. The molecule has 0 bridgehead atoms. The van der Waals surface area contributed by atoms with E-state index in [2.05, 4.69) is 5.32 Å². The summed E-state index contributed by atoms with van der Waals surface area (Å²) in [5, 5.41) is 22.6. The van der Waals surface area contributed by atoms with Gasteiger partial charge >= 0.3 is 5.97 Å². The average Bonchev–Trinajstić information content (AvgIpc) is 3.10. The van der Waals surface area contributed by atoms with Gasteiger partial charge in [-0.1, -0.05) is 30.3 Å². The predicted octanol–water partition coefficient (Wildman–Crippen LogP) is 4.17. The second-order valence-corrected chi connectivity index (χ2v) is 7.39. The molecule has 32 heavy (non-hydrogen) atoms. The van der Waals surface area contributed by atoms with Gasteiger partial charge in [-0.2, -0.15) is 0 Å². The fourth-order valence-corrected chi connectivity index (χ4v) is 3.80. The summed E-state index contributed by atoms with van der Waals surface area (Å²) in [5.41, 5.74) is 3.98. The molecule has 5 aromatic rings. The summed E-state index contributed by atoms with van der Waals surface area (Å²) in [4.78, 5) is 33.3. The van der Waals surface area contributed by atoms with E-state index in [9.17, 15) is 14.7 Å². The van der Waals surface area contributed by atoms with Gasteiger partial charge < -0.3 is 20.1 Å². The van der Waals surface area contributed by atoms with Crippen LogP contribution in [0.25, 0.3) is 33.1 Å². The van der Waals surface area contributed by atoms with Crippen molar-refractivity contribution in [3.8, 4) is 5.75 Å². The molecule has 2 heterocycles. The van der Waals surface area contributed by atoms with Crippen molar-refractivity contribution in [3.63, 3.8) is 0 Å². The Morgan fingerprint density at radius 1 is 0.938 bits per heavy atom. The largest absolute Gasteiger partial charge is 0.506 e. The number of carboxylic acid groups (broad SMARTS) is 1. The summed E-state index contributed by atoms with van der Waals surface area (Å²) in [6.07, 6.45) is 0.0963. The number of aromatic hydroxyl groups is 1. The highest BCUT2D eigenvalue weighted by atomic mass is 16.4. The fourth-order valence-electron chi connectivity index (χ4n) is 3.80. The lowest BCUT2D eigenvalue weighted by molar-refractivity contribution is -0.116. The molecule has 3 N–H and O–H groups in total. The molecule has 8 heteroatoms. The summed E-state index contributed by atoms with van der Waals surface area (Å²) >= 11 is 0. The summed E-state index contributed by atoms with van der Waals surface area (Å²) in [7, 11) is 0. The maximum absolute atomic E-state index is 12.6. The number of hydrogen-bond donors (Lipinski definition) is 3. The van der Waals surface area contributed by atoms with Gasteiger partial charge in [0.2, 0.25) is 5.91 Å². The molecule has 8 nitrogen and oxygen atoms in total. The number of benzene rings is 3. The van der Waals surface area contributed by atoms with Crippen molar-refractivity contribution in [1.82, 2.24) is 14.5 Å². The van der Waals surface area contributed by atoms with E-state index in [0.29, 0.717) is 12.2 Å². The summed E-state index contributed by atoms with van der Waals surface area (Å²) in [6, 6.07) is 19.2. The molecule has 0 aliphatic rings. The molecule has 0 aliphatic heterocycles. The topological polar surface area (TPSA) is 117 Å². The minimum Gasteiger partial charge on any atom is -0.506 e. The molecule has 158 valence electrons. The number of aromatic nitrogens is 3. The normalized spacial score (nSPS) is 11.2. The Kier molecular flexibility index (Phi) is 4.67. The molecule has 2 aromatic heterocycles. The number of carbonyl (C=O) groups is 2. The molecule has 0 fully saturated rings. The number of fused-ring (bicyclic) bond motifs is 4. The predicted molar refractivity (Wildman–Crippen MR) is 121 cm³/mol. The van der Waals surface area contributed by atoms with Crippen LogP contribution in [0.1, 0.15) is 16.8 Å². The van der Waals surface area contributed by atoms with Gasteiger partial charge in [-0.05, 0) is 36.4 Å². The lowest BCUT2D eigenvalue weighted by Crippen LogP contribution is -2.15. The summed E-state index contributed by atoms with van der Waals surface area (Å²) < 4.78 is 1.96. The zero-order valence-electron chi connectivity index (χ0n) is 16.8. The molecule has 1 amide bonds. The number of aryl methyl sites for hydroxylation is 1. The minimum absolute atomic E-state index is 0.0253. The Hall–Kier alpha value is -4.46. The Labute approximate surface area is 181 Å². The third-order valence-corrected chi connectivity index (χ3v) is 5.34. The van der Waals surface area contributed by atoms with Crippen molar-refractivity contribution in [3.05, 3.63) is 72.3 Å². The highest BCUT2D eigenvalue weighted by Gasteiger charge is 2.16. The standard InChI is InChI=1S/C24H18N4O4/c29-20-10-9-14(24(31)32)13-18(20)25-21(30)11-12-28-19-8-4-1-5-15(19)22-23(28)27-17-7-3-2-6-16(17)26-22/h1-10,13,29H,11-12H2,(H,25,30)(H,31,32). The Morgan fingerprint density at radius 3 is 2.44 bits per heavy atom. The minimum atomic E-state index is -1.14. The van der Waals surface area contributed by atoms with Crippen LogP contribution in [0.4, 0.5) is 5.69 Å². The van der Waals surface area contributed by atoms with E-state index >= 15 is 0 Å². The SMILES string of the molecule is O=C(CCn1c2ccccc2c2nc3ccccc3nc21)Nc1cc(C(=O)O)ccc1O. The first kappa shape index (κ1) is 19.5. The first-order valence-electron chi connectivity index (χ1n) is 10.0. The number of para-hydroxylation sites is 3. The lowest BCUT2D eigenvalue weighted by Gasteiger charge is -2.10. The van der Waals surface area contributed by atoms with E-state index in [1.54, 1.807) is 0 Å². The van der Waals surface area contributed by atoms with Crippen molar-refractivity contribution in [1.29, 1.82) is 0 Å². The van der Waals surface area contributed by atoms with Gasteiger partial charge in [0.1, 0.15) is 11.3 Å². The maximum atomic E-state index is 12.6. The number of aromatic carboxylic acids is 1. The molecule has 0 saturated heterocycles. The van der Waals surface area contributed by atoms with Crippen molar-refractivity contribution in [2.24, 2.45) is 0 Å². The van der Waals surface area contributed by atoms with E-state index in [-0.39, 0.29) is 29.3 Å². The molecular weight excluding hydrogens is 408 g/mol. The Bertz CT molecular complexity index is 1520. The van der Waals surface area contributed by atoms with E-state index in [4.69, 9.17) is 15.1 Å². The summed E-state index contributed by atoms with van der Waals surface area (Å²) in [5.74, 6) is -1.70. The van der Waals surface area contributed by atoms with E-state index < -0.39 is 5.97 Å². The third-order valence-electron chi connectivity index (χ3n) is 5.34. The van der Waals surface area contributed by atoms with Gasteiger partial charge in [0.15, 0.2) is 5.65 Å². The molecule has 0 unspecified atom stereocenters. The van der Waals surface area contributed by atoms with Crippen LogP contribution in [0, 0.1) is 0 Å². The third kappa shape index (κ3) is 3.37. The molecule has 0 atom stereocenters. The van der Waals surface area contributed by atoms with Gasteiger partial charge in [-0.3, -0.25) is 4.79 Å². The number of carboxylic acids is 1. The number of carbonyl (C=O) groups excluding carboxylic acids is 1.